The van der Waals surface area contributed by atoms with Crippen molar-refractivity contribution in [3.63, 3.8) is 0 Å². The van der Waals surface area contributed by atoms with Crippen LogP contribution in [0.25, 0.3) is 11.1 Å². The molecule has 0 amide bonds. The summed E-state index contributed by atoms with van der Waals surface area (Å²) < 4.78 is 0. The average molecular weight is 216 g/mol. The van der Waals surface area contributed by atoms with Crippen LogP contribution in [0.15, 0.2) is 36.4 Å². The van der Waals surface area contributed by atoms with Crippen molar-refractivity contribution in [2.45, 2.75) is 0 Å². The van der Waals surface area contributed by atoms with Gasteiger partial charge in [0, 0.05) is 11.3 Å². The first-order valence-electron chi connectivity index (χ1n) is 4.75. The quantitative estimate of drug-likeness (QED) is 0.333. The van der Waals surface area contributed by atoms with E-state index in [1.54, 1.807) is 24.3 Å². The van der Waals surface area contributed by atoms with E-state index in [1.807, 2.05) is 0 Å². The zero-order valence-corrected chi connectivity index (χ0v) is 8.51. The van der Waals surface area contributed by atoms with Gasteiger partial charge in [-0.25, -0.2) is 0 Å². The third-order valence-corrected chi connectivity index (χ3v) is 2.36. The Morgan fingerprint density at radius 1 is 0.812 bits per heavy atom. The summed E-state index contributed by atoms with van der Waals surface area (Å²) >= 11 is 0. The van der Waals surface area contributed by atoms with E-state index in [4.69, 9.17) is 11.5 Å². The monoisotopic (exact) mass is 216 g/mol. The van der Waals surface area contributed by atoms with E-state index in [9.17, 15) is 10.2 Å². The Balaban J connectivity index is 2.58. The molecule has 0 heterocycles. The first kappa shape index (κ1) is 10.2. The Morgan fingerprint density at radius 3 is 2.25 bits per heavy atom. The molecule has 0 bridgehead atoms. The van der Waals surface area contributed by atoms with Crippen molar-refractivity contribution in [2.75, 3.05) is 11.5 Å². The number of phenolic OH excluding ortho intramolecular Hbond substituents is 2. The van der Waals surface area contributed by atoms with Crippen molar-refractivity contribution >= 4 is 11.4 Å². The molecule has 2 aromatic carbocycles. The molecule has 4 nitrogen and oxygen atoms in total. The van der Waals surface area contributed by atoms with Crippen molar-refractivity contribution in [1.82, 2.24) is 0 Å². The smallest absolute Gasteiger partial charge is 0.139 e. The van der Waals surface area contributed by atoms with Crippen LogP contribution in [-0.4, -0.2) is 10.2 Å². The van der Waals surface area contributed by atoms with Gasteiger partial charge in [-0.15, -0.1) is 0 Å². The van der Waals surface area contributed by atoms with E-state index in [-0.39, 0.29) is 11.5 Å². The van der Waals surface area contributed by atoms with Crippen molar-refractivity contribution in [2.24, 2.45) is 0 Å². The summed E-state index contributed by atoms with van der Waals surface area (Å²) in [6, 6.07) is 9.54. The van der Waals surface area contributed by atoms with E-state index < -0.39 is 0 Å². The molecule has 2 rings (SSSR count). The van der Waals surface area contributed by atoms with E-state index in [2.05, 4.69) is 0 Å². The highest BCUT2D eigenvalue weighted by molar-refractivity contribution is 5.76. The Kier molecular flexibility index (Phi) is 2.32. The fourth-order valence-corrected chi connectivity index (χ4v) is 1.50. The lowest BCUT2D eigenvalue weighted by Gasteiger charge is -2.07. The lowest BCUT2D eigenvalue weighted by atomic mass is 10.0. The fraction of sp³-hybridized carbons (Fsp3) is 0. The molecular formula is C12H12N2O2. The predicted molar refractivity (Wildman–Crippen MR) is 64.0 cm³/mol. The minimum Gasteiger partial charge on any atom is -0.507 e. The third kappa shape index (κ3) is 1.72. The van der Waals surface area contributed by atoms with E-state index in [0.29, 0.717) is 22.5 Å². The van der Waals surface area contributed by atoms with Crippen LogP contribution in [0.4, 0.5) is 11.4 Å². The maximum absolute atomic E-state index is 9.68. The number of nitrogens with two attached hydrogens (primary N) is 2. The van der Waals surface area contributed by atoms with Crippen LogP contribution in [0.3, 0.4) is 0 Å². The summed E-state index contributed by atoms with van der Waals surface area (Å²) in [6.07, 6.45) is 0. The number of hydrogen-bond donors (Lipinski definition) is 4. The van der Waals surface area contributed by atoms with Gasteiger partial charge in [-0.2, -0.15) is 0 Å². The van der Waals surface area contributed by atoms with E-state index in [0.717, 1.165) is 0 Å². The molecule has 0 atom stereocenters. The number of anilines is 2. The number of aromatic hydroxyl groups is 2. The van der Waals surface area contributed by atoms with Gasteiger partial charge >= 0.3 is 0 Å². The molecule has 0 saturated carbocycles. The summed E-state index contributed by atoms with van der Waals surface area (Å²) in [5.41, 5.74) is 13.2. The largest absolute Gasteiger partial charge is 0.507 e. The van der Waals surface area contributed by atoms with Crippen LogP contribution in [0, 0.1) is 0 Å². The van der Waals surface area contributed by atoms with Crippen LogP contribution >= 0.6 is 0 Å². The van der Waals surface area contributed by atoms with E-state index in [1.165, 1.54) is 12.1 Å². The number of rotatable bonds is 1. The molecule has 0 aliphatic rings. The highest BCUT2D eigenvalue weighted by Gasteiger charge is 2.06. The average Bonchev–Trinajstić information content (AvgIpc) is 2.26. The first-order chi connectivity index (χ1) is 7.58. The lowest BCUT2D eigenvalue weighted by Crippen LogP contribution is -1.88. The van der Waals surface area contributed by atoms with Gasteiger partial charge in [0.2, 0.25) is 0 Å². The Morgan fingerprint density at radius 2 is 1.56 bits per heavy atom. The lowest BCUT2D eigenvalue weighted by molar-refractivity contribution is 0.476. The molecule has 82 valence electrons. The minimum atomic E-state index is -0.0145. The van der Waals surface area contributed by atoms with Gasteiger partial charge in [0.15, 0.2) is 0 Å². The Hall–Kier alpha value is -2.36. The van der Waals surface area contributed by atoms with Gasteiger partial charge in [0.25, 0.3) is 0 Å². The molecule has 0 unspecified atom stereocenters. The molecule has 0 aromatic heterocycles. The number of nitrogen functional groups attached to an aromatic ring is 2. The molecule has 0 aliphatic carbocycles. The molecule has 2 aromatic rings. The van der Waals surface area contributed by atoms with Gasteiger partial charge < -0.3 is 21.7 Å². The summed E-state index contributed by atoms with van der Waals surface area (Å²) in [6.45, 7) is 0. The molecule has 4 heteroatoms. The third-order valence-electron chi connectivity index (χ3n) is 2.36. The van der Waals surface area contributed by atoms with Gasteiger partial charge in [-0.3, -0.25) is 0 Å². The second-order valence-electron chi connectivity index (χ2n) is 3.55. The number of benzene rings is 2. The first-order valence-corrected chi connectivity index (χ1v) is 4.75. The topological polar surface area (TPSA) is 92.5 Å². The normalized spacial score (nSPS) is 10.2. The van der Waals surface area contributed by atoms with Crippen molar-refractivity contribution in [1.29, 1.82) is 0 Å². The number of hydrogen-bond acceptors (Lipinski definition) is 4. The molecule has 6 N–H and O–H groups in total. The maximum Gasteiger partial charge on any atom is 0.139 e. The summed E-state index contributed by atoms with van der Waals surface area (Å²) in [5.74, 6) is 0.0951. The van der Waals surface area contributed by atoms with Crippen molar-refractivity contribution in [3.8, 4) is 22.6 Å². The van der Waals surface area contributed by atoms with Crippen LogP contribution in [0.1, 0.15) is 0 Å². The Bertz CT molecular complexity index is 539. The van der Waals surface area contributed by atoms with Crippen LogP contribution < -0.4 is 11.5 Å². The summed E-state index contributed by atoms with van der Waals surface area (Å²) in [4.78, 5) is 0. The molecule has 0 spiro atoms. The SMILES string of the molecule is Nc1ccc(O)c(-c2ccc(N)c(O)c2)c1. The maximum atomic E-state index is 9.68. The van der Waals surface area contributed by atoms with Gasteiger partial charge in [-0.05, 0) is 35.9 Å². The molecule has 0 fully saturated rings. The minimum absolute atomic E-state index is 0.0145. The van der Waals surface area contributed by atoms with Gasteiger partial charge in [0.05, 0.1) is 5.69 Å². The van der Waals surface area contributed by atoms with E-state index >= 15 is 0 Å². The second-order valence-corrected chi connectivity index (χ2v) is 3.55. The summed E-state index contributed by atoms with van der Waals surface area (Å²) in [7, 11) is 0. The standard InChI is InChI=1S/C12H12N2O2/c13-8-2-4-11(15)9(6-8)7-1-3-10(14)12(16)5-7/h1-6,15-16H,13-14H2. The van der Waals surface area contributed by atoms with Gasteiger partial charge in [-0.1, -0.05) is 6.07 Å². The second kappa shape index (κ2) is 3.66. The van der Waals surface area contributed by atoms with Crippen molar-refractivity contribution in [3.05, 3.63) is 36.4 Å². The van der Waals surface area contributed by atoms with Crippen LogP contribution in [0.2, 0.25) is 0 Å². The van der Waals surface area contributed by atoms with Gasteiger partial charge in [0.1, 0.15) is 11.5 Å². The molecular weight excluding hydrogens is 204 g/mol. The summed E-state index contributed by atoms with van der Waals surface area (Å²) in [5, 5.41) is 19.2. The zero-order chi connectivity index (χ0) is 11.7. The van der Waals surface area contributed by atoms with Crippen LogP contribution in [0.5, 0.6) is 11.5 Å². The fourth-order valence-electron chi connectivity index (χ4n) is 1.50. The molecule has 0 radical (unpaired) electrons. The van der Waals surface area contributed by atoms with Crippen LogP contribution in [-0.2, 0) is 0 Å². The predicted octanol–water partition coefficient (Wildman–Crippen LogP) is 1.93. The number of phenols is 2. The molecule has 16 heavy (non-hydrogen) atoms. The molecule has 0 saturated heterocycles. The Labute approximate surface area is 92.8 Å². The highest BCUT2D eigenvalue weighted by Crippen LogP contribution is 2.34. The zero-order valence-electron chi connectivity index (χ0n) is 8.51. The highest BCUT2D eigenvalue weighted by atomic mass is 16.3. The molecule has 0 aliphatic heterocycles. The van der Waals surface area contributed by atoms with Crippen molar-refractivity contribution < 1.29 is 10.2 Å².